The summed E-state index contributed by atoms with van der Waals surface area (Å²) in [4.78, 5) is 14.1. The van der Waals surface area contributed by atoms with Crippen molar-refractivity contribution < 1.29 is 4.79 Å². The van der Waals surface area contributed by atoms with Crippen LogP contribution in [0.25, 0.3) is 0 Å². The Kier molecular flexibility index (Phi) is 4.18. The minimum Gasteiger partial charge on any atom is -0.342 e. The number of nitrogens with zero attached hydrogens (tertiary/aromatic N) is 1. The Morgan fingerprint density at radius 2 is 2.07 bits per heavy atom. The quantitative estimate of drug-likeness (QED) is 0.687. The molecule has 0 aromatic rings. The molecule has 0 saturated carbocycles. The van der Waals surface area contributed by atoms with E-state index in [0.29, 0.717) is 12.3 Å². The van der Waals surface area contributed by atoms with Crippen LogP contribution in [0.2, 0.25) is 0 Å². The largest absolute Gasteiger partial charge is 0.342 e. The van der Waals surface area contributed by atoms with Gasteiger partial charge in [0.05, 0.1) is 0 Å². The van der Waals surface area contributed by atoms with Crippen LogP contribution in [0.15, 0.2) is 0 Å². The third-order valence-corrected chi connectivity index (χ3v) is 3.13. The van der Waals surface area contributed by atoms with Gasteiger partial charge in [-0.15, -0.1) is 0 Å². The van der Waals surface area contributed by atoms with E-state index in [0.717, 1.165) is 19.0 Å². The standard InChI is InChI=1S/C13H25NO/c1-5-11-7-6-8-14(10-11)12(15)9-13(2,3)4/h11H,5-10H2,1-4H3. The van der Waals surface area contributed by atoms with Gasteiger partial charge in [-0.1, -0.05) is 34.1 Å². The van der Waals surface area contributed by atoms with Gasteiger partial charge in [0.2, 0.25) is 5.91 Å². The molecule has 1 aliphatic heterocycles. The molecule has 0 spiro atoms. The molecule has 1 aliphatic rings. The zero-order chi connectivity index (χ0) is 11.5. The molecule has 1 amide bonds. The van der Waals surface area contributed by atoms with E-state index in [1.165, 1.54) is 19.3 Å². The van der Waals surface area contributed by atoms with Gasteiger partial charge in [0.25, 0.3) is 0 Å². The summed E-state index contributed by atoms with van der Waals surface area (Å²) in [6.07, 6.45) is 4.38. The van der Waals surface area contributed by atoms with Crippen molar-refractivity contribution in [1.29, 1.82) is 0 Å². The molecule has 1 saturated heterocycles. The number of hydrogen-bond donors (Lipinski definition) is 0. The number of carbonyl (C=O) groups is 1. The number of hydrogen-bond acceptors (Lipinski definition) is 1. The van der Waals surface area contributed by atoms with E-state index in [4.69, 9.17) is 0 Å². The summed E-state index contributed by atoms with van der Waals surface area (Å²) in [6.45, 7) is 10.6. The molecule has 2 heteroatoms. The van der Waals surface area contributed by atoms with Gasteiger partial charge in [-0.25, -0.2) is 0 Å². The molecule has 1 fully saturated rings. The lowest BCUT2D eigenvalue weighted by Gasteiger charge is -2.34. The Morgan fingerprint density at radius 1 is 1.40 bits per heavy atom. The Bertz CT molecular complexity index is 217. The molecule has 1 rings (SSSR count). The van der Waals surface area contributed by atoms with Crippen molar-refractivity contribution in [3.63, 3.8) is 0 Å². The molecule has 0 N–H and O–H groups in total. The number of likely N-dealkylation sites (tertiary alicyclic amines) is 1. The number of amides is 1. The first-order chi connectivity index (χ1) is 6.92. The van der Waals surface area contributed by atoms with Crippen LogP contribution in [-0.2, 0) is 4.79 Å². The highest BCUT2D eigenvalue weighted by molar-refractivity contribution is 5.76. The topological polar surface area (TPSA) is 20.3 Å². The van der Waals surface area contributed by atoms with E-state index in [2.05, 4.69) is 32.6 Å². The van der Waals surface area contributed by atoms with Gasteiger partial charge in [-0.2, -0.15) is 0 Å². The van der Waals surface area contributed by atoms with Crippen LogP contribution in [0.3, 0.4) is 0 Å². The molecule has 0 aromatic carbocycles. The number of carbonyl (C=O) groups excluding carboxylic acids is 1. The van der Waals surface area contributed by atoms with Gasteiger partial charge in [0.1, 0.15) is 0 Å². The van der Waals surface area contributed by atoms with Crippen molar-refractivity contribution >= 4 is 5.91 Å². The third kappa shape index (κ3) is 4.23. The molecule has 0 aliphatic carbocycles. The molecule has 1 atom stereocenters. The number of rotatable bonds is 2. The first-order valence-electron chi connectivity index (χ1n) is 6.20. The molecular formula is C13H25NO. The fourth-order valence-corrected chi connectivity index (χ4v) is 2.19. The van der Waals surface area contributed by atoms with E-state index < -0.39 is 0 Å². The van der Waals surface area contributed by atoms with E-state index >= 15 is 0 Å². The number of piperidine rings is 1. The first kappa shape index (κ1) is 12.5. The predicted molar refractivity (Wildman–Crippen MR) is 63.7 cm³/mol. The minimum absolute atomic E-state index is 0.121. The molecule has 0 radical (unpaired) electrons. The zero-order valence-electron chi connectivity index (χ0n) is 10.7. The zero-order valence-corrected chi connectivity index (χ0v) is 10.7. The van der Waals surface area contributed by atoms with Crippen molar-refractivity contribution in [3.05, 3.63) is 0 Å². The third-order valence-electron chi connectivity index (χ3n) is 3.13. The summed E-state index contributed by atoms with van der Waals surface area (Å²) < 4.78 is 0. The Labute approximate surface area is 94.0 Å². The summed E-state index contributed by atoms with van der Waals surface area (Å²) in [5.74, 6) is 1.09. The highest BCUT2D eigenvalue weighted by Crippen LogP contribution is 2.24. The molecule has 1 unspecified atom stereocenters. The van der Waals surface area contributed by atoms with E-state index in [1.807, 2.05) is 0 Å². The van der Waals surface area contributed by atoms with Crippen molar-refractivity contribution in [1.82, 2.24) is 4.90 Å². The van der Waals surface area contributed by atoms with Crippen molar-refractivity contribution in [2.45, 2.75) is 53.4 Å². The Hall–Kier alpha value is -0.530. The van der Waals surface area contributed by atoms with Gasteiger partial charge in [-0.3, -0.25) is 4.79 Å². The maximum atomic E-state index is 12.0. The molecular weight excluding hydrogens is 186 g/mol. The molecule has 0 bridgehead atoms. The lowest BCUT2D eigenvalue weighted by molar-refractivity contribution is -0.134. The van der Waals surface area contributed by atoms with Crippen LogP contribution in [0.1, 0.15) is 53.4 Å². The van der Waals surface area contributed by atoms with Crippen LogP contribution < -0.4 is 0 Å². The van der Waals surface area contributed by atoms with Gasteiger partial charge >= 0.3 is 0 Å². The summed E-state index contributed by atoms with van der Waals surface area (Å²) in [6, 6.07) is 0. The van der Waals surface area contributed by atoms with Crippen LogP contribution >= 0.6 is 0 Å². The van der Waals surface area contributed by atoms with Gasteiger partial charge in [-0.05, 0) is 24.2 Å². The van der Waals surface area contributed by atoms with Crippen LogP contribution in [0.5, 0.6) is 0 Å². The highest BCUT2D eigenvalue weighted by Gasteiger charge is 2.25. The van der Waals surface area contributed by atoms with Crippen molar-refractivity contribution in [2.75, 3.05) is 13.1 Å². The Morgan fingerprint density at radius 3 is 2.60 bits per heavy atom. The maximum Gasteiger partial charge on any atom is 0.223 e. The van der Waals surface area contributed by atoms with E-state index in [-0.39, 0.29) is 5.41 Å². The van der Waals surface area contributed by atoms with E-state index in [9.17, 15) is 4.79 Å². The van der Waals surface area contributed by atoms with Gasteiger partial charge in [0.15, 0.2) is 0 Å². The van der Waals surface area contributed by atoms with Gasteiger partial charge in [0, 0.05) is 19.5 Å². The van der Waals surface area contributed by atoms with Crippen LogP contribution in [-0.4, -0.2) is 23.9 Å². The fourth-order valence-electron chi connectivity index (χ4n) is 2.19. The summed E-state index contributed by atoms with van der Waals surface area (Å²) >= 11 is 0. The van der Waals surface area contributed by atoms with Gasteiger partial charge < -0.3 is 4.90 Å². The van der Waals surface area contributed by atoms with Crippen molar-refractivity contribution in [3.8, 4) is 0 Å². The monoisotopic (exact) mass is 211 g/mol. The summed E-state index contributed by atoms with van der Waals surface area (Å²) in [5, 5.41) is 0. The SMILES string of the molecule is CCC1CCCN(C(=O)CC(C)(C)C)C1. The molecule has 88 valence electrons. The molecule has 15 heavy (non-hydrogen) atoms. The molecule has 2 nitrogen and oxygen atoms in total. The highest BCUT2D eigenvalue weighted by atomic mass is 16.2. The average Bonchev–Trinajstić information content (AvgIpc) is 2.15. The van der Waals surface area contributed by atoms with Crippen LogP contribution in [0.4, 0.5) is 0 Å². The lowest BCUT2D eigenvalue weighted by Crippen LogP contribution is -2.41. The second-order valence-electron chi connectivity index (χ2n) is 5.99. The van der Waals surface area contributed by atoms with Crippen LogP contribution in [0, 0.1) is 11.3 Å². The molecule has 1 heterocycles. The smallest absolute Gasteiger partial charge is 0.223 e. The summed E-state index contributed by atoms with van der Waals surface area (Å²) in [7, 11) is 0. The second-order valence-corrected chi connectivity index (χ2v) is 5.99. The second kappa shape index (κ2) is 5.00. The first-order valence-corrected chi connectivity index (χ1v) is 6.20. The predicted octanol–water partition coefficient (Wildman–Crippen LogP) is 3.07. The normalized spacial score (nSPS) is 22.9. The lowest BCUT2D eigenvalue weighted by atomic mass is 9.90. The fraction of sp³-hybridized carbons (Fsp3) is 0.923. The summed E-state index contributed by atoms with van der Waals surface area (Å²) in [5.41, 5.74) is 0.121. The Balaban J connectivity index is 2.45. The minimum atomic E-state index is 0.121. The van der Waals surface area contributed by atoms with Crippen molar-refractivity contribution in [2.24, 2.45) is 11.3 Å². The maximum absolute atomic E-state index is 12.0. The van der Waals surface area contributed by atoms with E-state index in [1.54, 1.807) is 0 Å². The molecule has 0 aromatic heterocycles. The average molecular weight is 211 g/mol.